The normalized spacial score (nSPS) is 15.4. The summed E-state index contributed by atoms with van der Waals surface area (Å²) in [7, 11) is 3.01. The van der Waals surface area contributed by atoms with Crippen molar-refractivity contribution in [1.29, 1.82) is 0 Å². The van der Waals surface area contributed by atoms with Crippen LogP contribution in [0.15, 0.2) is 58.0 Å². The Morgan fingerprint density at radius 3 is 2.62 bits per heavy atom. The number of benzene rings is 2. The molecule has 3 aromatic rings. The maximum atomic E-state index is 12.2. The summed E-state index contributed by atoms with van der Waals surface area (Å²) in [6.07, 6.45) is 3.35. The molecule has 2 aromatic carbocycles. The Hall–Kier alpha value is -2.84. The average Bonchev–Trinajstić information content (AvgIpc) is 2.97. The summed E-state index contributed by atoms with van der Waals surface area (Å²) in [6.45, 7) is 0. The molecule has 0 atom stereocenters. The topological polar surface area (TPSA) is 68.7 Å². The highest BCUT2D eigenvalue weighted by atomic mass is 79.9. The fourth-order valence-electron chi connectivity index (χ4n) is 2.86. The first-order valence-electron chi connectivity index (χ1n) is 8.58. The van der Waals surface area contributed by atoms with E-state index in [4.69, 9.17) is 9.47 Å². The number of fused-ring (bicyclic) bond motifs is 1. The molecule has 0 N–H and O–H groups in total. The molecule has 1 aliphatic rings. The molecule has 0 saturated carbocycles. The predicted molar refractivity (Wildman–Crippen MR) is 116 cm³/mol. The highest BCUT2D eigenvalue weighted by Gasteiger charge is 2.32. The summed E-state index contributed by atoms with van der Waals surface area (Å²) in [6, 6.07) is 13.0. The van der Waals surface area contributed by atoms with Gasteiger partial charge in [0.05, 0.1) is 17.5 Å². The molecule has 0 radical (unpaired) electrons. The van der Waals surface area contributed by atoms with E-state index in [0.29, 0.717) is 32.2 Å². The van der Waals surface area contributed by atoms with E-state index in [2.05, 4.69) is 20.9 Å². The van der Waals surface area contributed by atoms with Crippen LogP contribution in [0.2, 0.25) is 0 Å². The summed E-state index contributed by atoms with van der Waals surface area (Å²) < 4.78 is 12.3. The lowest BCUT2D eigenvalue weighted by molar-refractivity contribution is -0.121. The molecule has 1 saturated heterocycles. The van der Waals surface area contributed by atoms with Crippen LogP contribution in [-0.4, -0.2) is 35.2 Å². The quantitative estimate of drug-likeness (QED) is 0.471. The number of para-hydroxylation sites is 1. The second-order valence-corrected chi connectivity index (χ2v) is 8.04. The number of aromatic nitrogens is 1. The summed E-state index contributed by atoms with van der Waals surface area (Å²) in [4.78, 5) is 29.7. The van der Waals surface area contributed by atoms with Crippen molar-refractivity contribution in [1.82, 2.24) is 9.88 Å². The molecular formula is C21H15BrN2O4S. The van der Waals surface area contributed by atoms with Crippen LogP contribution >= 0.6 is 27.7 Å². The Labute approximate surface area is 179 Å². The molecule has 4 rings (SSSR count). The zero-order valence-electron chi connectivity index (χ0n) is 15.5. The third kappa shape index (κ3) is 3.73. The van der Waals surface area contributed by atoms with Gasteiger partial charge in [-0.25, -0.2) is 0 Å². The number of carbonyl (C=O) groups is 2. The summed E-state index contributed by atoms with van der Waals surface area (Å²) in [5.41, 5.74) is 1.53. The Bertz CT molecular complexity index is 1170. The van der Waals surface area contributed by atoms with Gasteiger partial charge in [0.1, 0.15) is 5.75 Å². The Balaban J connectivity index is 1.72. The third-order valence-corrected chi connectivity index (χ3v) is 6.03. The maximum absolute atomic E-state index is 12.2. The summed E-state index contributed by atoms with van der Waals surface area (Å²) in [5, 5.41) is 0.586. The Morgan fingerprint density at radius 2 is 1.90 bits per heavy atom. The van der Waals surface area contributed by atoms with Gasteiger partial charge in [0.15, 0.2) is 11.5 Å². The average molecular weight is 471 g/mol. The van der Waals surface area contributed by atoms with Gasteiger partial charge in [-0.1, -0.05) is 28.1 Å². The number of pyridine rings is 1. The van der Waals surface area contributed by atoms with Crippen LogP contribution in [0.1, 0.15) is 5.56 Å². The number of carbonyl (C=O) groups excluding carboxylic acids is 2. The first kappa shape index (κ1) is 19.5. The number of halogens is 1. The van der Waals surface area contributed by atoms with Crippen LogP contribution in [-0.2, 0) is 4.79 Å². The fourth-order valence-corrected chi connectivity index (χ4v) is 4.12. The van der Waals surface area contributed by atoms with Gasteiger partial charge in [0, 0.05) is 23.1 Å². The number of imide groups is 1. The summed E-state index contributed by atoms with van der Waals surface area (Å²) >= 11 is 4.43. The molecule has 6 nitrogen and oxygen atoms in total. The second-order valence-electron chi connectivity index (χ2n) is 6.19. The minimum Gasteiger partial charge on any atom is -0.493 e. The Morgan fingerprint density at radius 1 is 1.10 bits per heavy atom. The van der Waals surface area contributed by atoms with Gasteiger partial charge < -0.3 is 9.47 Å². The minimum absolute atomic E-state index is 0.297. The number of hydrogen-bond donors (Lipinski definition) is 0. The van der Waals surface area contributed by atoms with Gasteiger partial charge in [-0.2, -0.15) is 0 Å². The first-order chi connectivity index (χ1) is 14.0. The zero-order valence-corrected chi connectivity index (χ0v) is 17.9. The molecule has 1 aliphatic heterocycles. The van der Waals surface area contributed by atoms with E-state index in [-0.39, 0.29) is 11.1 Å². The number of nitrogens with zero attached hydrogens (tertiary/aromatic N) is 2. The van der Waals surface area contributed by atoms with E-state index in [0.717, 1.165) is 27.6 Å². The number of rotatable bonds is 4. The molecule has 0 bridgehead atoms. The van der Waals surface area contributed by atoms with Crippen LogP contribution in [0.3, 0.4) is 0 Å². The molecule has 0 unspecified atom stereocenters. The smallest absolute Gasteiger partial charge is 0.293 e. The number of methoxy groups -OCH3 is 1. The number of thioether (sulfide) groups is 1. The van der Waals surface area contributed by atoms with Crippen molar-refractivity contribution in [2.45, 2.75) is 0 Å². The van der Waals surface area contributed by atoms with Crippen LogP contribution in [0, 0.1) is 0 Å². The van der Waals surface area contributed by atoms with Crippen molar-refractivity contribution in [2.24, 2.45) is 0 Å². The van der Waals surface area contributed by atoms with Crippen molar-refractivity contribution in [3.8, 4) is 17.2 Å². The van der Waals surface area contributed by atoms with Gasteiger partial charge in [0.25, 0.3) is 11.1 Å². The Kier molecular flexibility index (Phi) is 5.29. The van der Waals surface area contributed by atoms with Gasteiger partial charge in [-0.15, -0.1) is 0 Å². The van der Waals surface area contributed by atoms with Crippen LogP contribution in [0.25, 0.3) is 17.0 Å². The fraction of sp³-hybridized carbons (Fsp3) is 0.0952. The van der Waals surface area contributed by atoms with Crippen LogP contribution < -0.4 is 9.47 Å². The molecule has 0 aliphatic carbocycles. The van der Waals surface area contributed by atoms with E-state index in [9.17, 15) is 9.59 Å². The van der Waals surface area contributed by atoms with E-state index < -0.39 is 0 Å². The second kappa shape index (κ2) is 7.88. The molecule has 0 spiro atoms. The molecule has 29 heavy (non-hydrogen) atoms. The SMILES string of the molecule is COc1cc(/C=C2\SC(=O)N(C)C2=O)c(Br)cc1Oc1ccnc2ccccc12. The number of amides is 2. The first-order valence-corrected chi connectivity index (χ1v) is 10.2. The van der Waals surface area contributed by atoms with E-state index >= 15 is 0 Å². The van der Waals surface area contributed by atoms with E-state index in [1.165, 1.54) is 7.05 Å². The lowest BCUT2D eigenvalue weighted by Gasteiger charge is -2.14. The van der Waals surface area contributed by atoms with Gasteiger partial charge in [0.2, 0.25) is 0 Å². The van der Waals surface area contributed by atoms with E-state index in [1.807, 2.05) is 24.3 Å². The number of ether oxygens (including phenoxy) is 2. The molecule has 1 aromatic heterocycles. The van der Waals surface area contributed by atoms with Gasteiger partial charge >= 0.3 is 0 Å². The molecule has 8 heteroatoms. The van der Waals surface area contributed by atoms with Crippen molar-refractivity contribution >= 4 is 55.8 Å². The zero-order chi connectivity index (χ0) is 20.5. The lowest BCUT2D eigenvalue weighted by Crippen LogP contribution is -2.22. The molecule has 2 amide bonds. The standard InChI is InChI=1S/C21H15BrN2O4S/c1-24-20(25)19(29-21(24)26)10-12-9-17(27-2)18(11-14(12)22)28-16-7-8-23-15-6-4-3-5-13(15)16/h3-11H,1-2H3/b19-10-. The van der Waals surface area contributed by atoms with Gasteiger partial charge in [-0.05, 0) is 53.7 Å². The maximum Gasteiger partial charge on any atom is 0.293 e. The molecular weight excluding hydrogens is 456 g/mol. The molecule has 1 fully saturated rings. The largest absolute Gasteiger partial charge is 0.493 e. The summed E-state index contributed by atoms with van der Waals surface area (Å²) in [5.74, 6) is 1.34. The van der Waals surface area contributed by atoms with E-state index in [1.54, 1.807) is 37.6 Å². The molecule has 2 heterocycles. The highest BCUT2D eigenvalue weighted by molar-refractivity contribution is 9.10. The minimum atomic E-state index is -0.325. The van der Waals surface area contributed by atoms with Crippen molar-refractivity contribution in [2.75, 3.05) is 14.2 Å². The van der Waals surface area contributed by atoms with Crippen molar-refractivity contribution in [3.63, 3.8) is 0 Å². The van der Waals surface area contributed by atoms with Gasteiger partial charge in [-0.3, -0.25) is 19.5 Å². The van der Waals surface area contributed by atoms with Crippen LogP contribution in [0.4, 0.5) is 4.79 Å². The number of hydrogen-bond acceptors (Lipinski definition) is 6. The van der Waals surface area contributed by atoms with Crippen molar-refractivity contribution < 1.29 is 19.1 Å². The lowest BCUT2D eigenvalue weighted by atomic mass is 10.1. The van der Waals surface area contributed by atoms with Crippen LogP contribution in [0.5, 0.6) is 17.2 Å². The van der Waals surface area contributed by atoms with Crippen molar-refractivity contribution in [3.05, 3.63) is 63.6 Å². The highest BCUT2D eigenvalue weighted by Crippen LogP contribution is 2.40. The number of likely N-dealkylation sites (N-methyl/N-ethyl adjacent to an activating group) is 1. The molecule has 146 valence electrons. The predicted octanol–water partition coefficient (Wildman–Crippen LogP) is 5.46. The monoisotopic (exact) mass is 470 g/mol. The third-order valence-electron chi connectivity index (χ3n) is 4.39.